The highest BCUT2D eigenvalue weighted by molar-refractivity contribution is 7.11. The van der Waals surface area contributed by atoms with Gasteiger partial charge in [-0.3, -0.25) is 0 Å². The number of nitrogens with one attached hydrogen (secondary N) is 1. The Kier molecular flexibility index (Phi) is 4.19. The minimum atomic E-state index is 0.189. The van der Waals surface area contributed by atoms with E-state index >= 15 is 0 Å². The van der Waals surface area contributed by atoms with Crippen LogP contribution in [0.4, 0.5) is 0 Å². The number of thiazole rings is 1. The molecule has 2 unspecified atom stereocenters. The van der Waals surface area contributed by atoms with Gasteiger partial charge in [0, 0.05) is 10.9 Å². The van der Waals surface area contributed by atoms with E-state index in [1.54, 1.807) is 0 Å². The summed E-state index contributed by atoms with van der Waals surface area (Å²) in [5.74, 6) is 0.879. The van der Waals surface area contributed by atoms with Crippen molar-refractivity contribution in [1.82, 2.24) is 10.3 Å². The van der Waals surface area contributed by atoms with Crippen molar-refractivity contribution in [3.63, 3.8) is 0 Å². The molecule has 1 aromatic rings. The molecular weight excluding hydrogens is 264 g/mol. The van der Waals surface area contributed by atoms with Crippen LogP contribution in [-0.2, 0) is 12.0 Å². The summed E-state index contributed by atoms with van der Waals surface area (Å²) in [6.07, 6.45) is 10.4. The molecule has 3 rings (SSSR count). The molecule has 0 aliphatic heterocycles. The van der Waals surface area contributed by atoms with Crippen LogP contribution in [0.1, 0.15) is 74.4 Å². The van der Waals surface area contributed by atoms with E-state index in [0.717, 1.165) is 18.4 Å². The minimum Gasteiger partial charge on any atom is -0.303 e. The van der Waals surface area contributed by atoms with E-state index in [1.165, 1.54) is 60.5 Å². The first-order valence-corrected chi connectivity index (χ1v) is 9.19. The highest BCUT2D eigenvalue weighted by Gasteiger charge is 2.41. The first kappa shape index (κ1) is 14.5. The monoisotopic (exact) mass is 292 g/mol. The van der Waals surface area contributed by atoms with Crippen molar-refractivity contribution < 1.29 is 0 Å². The van der Waals surface area contributed by atoms with Gasteiger partial charge in [0.15, 0.2) is 0 Å². The number of aromatic nitrogens is 1. The second-order valence-corrected chi connectivity index (χ2v) is 8.12. The van der Waals surface area contributed by atoms with E-state index in [0.29, 0.717) is 0 Å². The Morgan fingerprint density at radius 3 is 2.70 bits per heavy atom. The Bertz CT molecular complexity index is 464. The van der Waals surface area contributed by atoms with Gasteiger partial charge in [0.2, 0.25) is 0 Å². The zero-order valence-corrected chi connectivity index (χ0v) is 14.0. The maximum atomic E-state index is 5.03. The van der Waals surface area contributed by atoms with Crippen LogP contribution in [0.25, 0.3) is 0 Å². The number of hydrogen-bond acceptors (Lipinski definition) is 3. The van der Waals surface area contributed by atoms with Crippen molar-refractivity contribution in [3.05, 3.63) is 15.6 Å². The third-order valence-electron chi connectivity index (χ3n) is 5.06. The van der Waals surface area contributed by atoms with Gasteiger partial charge in [-0.2, -0.15) is 0 Å². The minimum absolute atomic E-state index is 0.189. The van der Waals surface area contributed by atoms with Crippen molar-refractivity contribution in [2.75, 3.05) is 0 Å². The standard InChI is InChI=1S/C17H28N2S/c1-4-15-13(3)20-16(18-15)17(19-14-7-8-14)10-5-6-12(2)9-11-17/h12,14,19H,4-11H2,1-3H3. The lowest BCUT2D eigenvalue weighted by Crippen LogP contribution is -2.43. The summed E-state index contributed by atoms with van der Waals surface area (Å²) in [6.45, 7) is 6.88. The lowest BCUT2D eigenvalue weighted by molar-refractivity contribution is 0.282. The zero-order valence-electron chi connectivity index (χ0n) is 13.2. The molecule has 1 aromatic heterocycles. The molecule has 0 radical (unpaired) electrons. The van der Waals surface area contributed by atoms with Crippen LogP contribution in [-0.4, -0.2) is 11.0 Å². The highest BCUT2D eigenvalue weighted by atomic mass is 32.1. The van der Waals surface area contributed by atoms with Gasteiger partial charge in [-0.1, -0.05) is 26.7 Å². The Labute approximate surface area is 127 Å². The van der Waals surface area contributed by atoms with Crippen LogP contribution >= 0.6 is 11.3 Å². The van der Waals surface area contributed by atoms with Crippen LogP contribution in [0.15, 0.2) is 0 Å². The van der Waals surface area contributed by atoms with Crippen molar-refractivity contribution in [1.29, 1.82) is 0 Å². The van der Waals surface area contributed by atoms with Crippen LogP contribution < -0.4 is 5.32 Å². The molecule has 0 aromatic carbocycles. The first-order chi connectivity index (χ1) is 9.63. The van der Waals surface area contributed by atoms with Gasteiger partial charge in [0.1, 0.15) is 5.01 Å². The van der Waals surface area contributed by atoms with Crippen molar-refractivity contribution in [2.24, 2.45) is 5.92 Å². The third-order valence-corrected chi connectivity index (χ3v) is 6.28. The fraction of sp³-hybridized carbons (Fsp3) is 0.824. The first-order valence-electron chi connectivity index (χ1n) is 8.37. The molecule has 2 aliphatic rings. The highest BCUT2D eigenvalue weighted by Crippen LogP contribution is 2.42. The summed E-state index contributed by atoms with van der Waals surface area (Å²) in [6, 6.07) is 0.762. The summed E-state index contributed by atoms with van der Waals surface area (Å²) < 4.78 is 0. The molecule has 0 saturated heterocycles. The topological polar surface area (TPSA) is 24.9 Å². The summed E-state index contributed by atoms with van der Waals surface area (Å²) in [4.78, 5) is 6.46. The fourth-order valence-corrected chi connectivity index (χ4v) is 4.73. The molecule has 2 fully saturated rings. The van der Waals surface area contributed by atoms with Gasteiger partial charge in [-0.25, -0.2) is 4.98 Å². The molecule has 1 N–H and O–H groups in total. The van der Waals surface area contributed by atoms with Gasteiger partial charge in [0.25, 0.3) is 0 Å². The Hall–Kier alpha value is -0.410. The molecule has 0 spiro atoms. The van der Waals surface area contributed by atoms with Gasteiger partial charge in [-0.15, -0.1) is 11.3 Å². The fourth-order valence-electron chi connectivity index (χ4n) is 3.51. The molecule has 112 valence electrons. The molecule has 3 heteroatoms. The number of nitrogens with zero attached hydrogens (tertiary/aromatic N) is 1. The van der Waals surface area contributed by atoms with Gasteiger partial charge in [-0.05, 0) is 51.4 Å². The molecule has 0 bridgehead atoms. The zero-order chi connectivity index (χ0) is 14.2. The predicted molar refractivity (Wildman–Crippen MR) is 86.3 cm³/mol. The van der Waals surface area contributed by atoms with Gasteiger partial charge in [0.05, 0.1) is 11.2 Å². The molecule has 2 nitrogen and oxygen atoms in total. The lowest BCUT2D eigenvalue weighted by atomic mass is 9.90. The number of hydrogen-bond donors (Lipinski definition) is 1. The normalized spacial score (nSPS) is 31.2. The van der Waals surface area contributed by atoms with E-state index in [9.17, 15) is 0 Å². The van der Waals surface area contributed by atoms with E-state index in [4.69, 9.17) is 4.98 Å². The molecule has 2 saturated carbocycles. The third kappa shape index (κ3) is 2.94. The number of aryl methyl sites for hydroxylation is 2. The van der Waals surface area contributed by atoms with Crippen LogP contribution in [0.5, 0.6) is 0 Å². The number of rotatable bonds is 4. The Morgan fingerprint density at radius 2 is 2.05 bits per heavy atom. The molecular formula is C17H28N2S. The predicted octanol–water partition coefficient (Wildman–Crippen LogP) is 4.56. The second kappa shape index (κ2) is 5.76. The smallest absolute Gasteiger partial charge is 0.113 e. The van der Waals surface area contributed by atoms with Gasteiger partial charge < -0.3 is 5.32 Å². The maximum Gasteiger partial charge on any atom is 0.113 e. The van der Waals surface area contributed by atoms with Crippen molar-refractivity contribution in [3.8, 4) is 0 Å². The van der Waals surface area contributed by atoms with E-state index in [-0.39, 0.29) is 5.54 Å². The summed E-state index contributed by atoms with van der Waals surface area (Å²) >= 11 is 1.95. The van der Waals surface area contributed by atoms with Gasteiger partial charge >= 0.3 is 0 Å². The molecule has 2 atom stereocenters. The Balaban J connectivity index is 1.90. The molecule has 1 heterocycles. The van der Waals surface area contributed by atoms with E-state index in [1.807, 2.05) is 11.3 Å². The average Bonchev–Trinajstić information content (AvgIpc) is 3.18. The Morgan fingerprint density at radius 1 is 1.25 bits per heavy atom. The summed E-state index contributed by atoms with van der Waals surface area (Å²) in [5.41, 5.74) is 1.51. The largest absolute Gasteiger partial charge is 0.303 e. The molecule has 0 amide bonds. The van der Waals surface area contributed by atoms with Crippen LogP contribution in [0.3, 0.4) is 0 Å². The van der Waals surface area contributed by atoms with Crippen molar-refractivity contribution in [2.45, 2.75) is 83.7 Å². The van der Waals surface area contributed by atoms with Crippen LogP contribution in [0, 0.1) is 12.8 Å². The second-order valence-electron chi connectivity index (χ2n) is 6.91. The average molecular weight is 292 g/mol. The van der Waals surface area contributed by atoms with Crippen LogP contribution in [0.2, 0.25) is 0 Å². The quantitative estimate of drug-likeness (QED) is 0.823. The van der Waals surface area contributed by atoms with Crippen molar-refractivity contribution >= 4 is 11.3 Å². The van der Waals surface area contributed by atoms with E-state index in [2.05, 4.69) is 26.1 Å². The molecule has 2 aliphatic carbocycles. The lowest BCUT2D eigenvalue weighted by Gasteiger charge is -2.32. The summed E-state index contributed by atoms with van der Waals surface area (Å²) in [5, 5.41) is 5.38. The summed E-state index contributed by atoms with van der Waals surface area (Å²) in [7, 11) is 0. The SMILES string of the molecule is CCc1nc(C2(NC3CC3)CCCC(C)CC2)sc1C. The maximum absolute atomic E-state index is 5.03. The molecule has 20 heavy (non-hydrogen) atoms. The van der Waals surface area contributed by atoms with E-state index < -0.39 is 0 Å².